The van der Waals surface area contributed by atoms with E-state index in [1.807, 2.05) is 6.07 Å². The van der Waals surface area contributed by atoms with Crippen molar-refractivity contribution >= 4 is 21.7 Å². The summed E-state index contributed by atoms with van der Waals surface area (Å²) >= 11 is 3.49. The van der Waals surface area contributed by atoms with Gasteiger partial charge < -0.3 is 4.90 Å². The molecule has 0 N–H and O–H groups in total. The molecule has 104 valence electrons. The lowest BCUT2D eigenvalue weighted by Crippen LogP contribution is -2.18. The molecule has 0 radical (unpaired) electrons. The van der Waals surface area contributed by atoms with Crippen LogP contribution in [0.15, 0.2) is 34.9 Å². The second-order valence-electron chi connectivity index (χ2n) is 5.52. The monoisotopic (exact) mass is 331 g/mol. The van der Waals surface area contributed by atoms with Gasteiger partial charge in [-0.2, -0.15) is 0 Å². The molecule has 20 heavy (non-hydrogen) atoms. The van der Waals surface area contributed by atoms with Crippen LogP contribution in [-0.4, -0.2) is 17.0 Å². The second kappa shape index (κ2) is 5.52. The zero-order valence-electron chi connectivity index (χ0n) is 11.8. The van der Waals surface area contributed by atoms with E-state index < -0.39 is 0 Å². The Morgan fingerprint density at radius 1 is 1.20 bits per heavy atom. The van der Waals surface area contributed by atoms with E-state index in [-0.39, 0.29) is 0 Å². The van der Waals surface area contributed by atoms with E-state index in [0.717, 1.165) is 22.8 Å². The molecule has 1 heterocycles. The standard InChI is InChI=1S/C16H18BrN3/c1-11-3-5-12(6-4-11)10-20(2)15-9-14(17)18-16(19-15)13-7-8-13/h3-6,9,13H,7-8,10H2,1-2H3. The van der Waals surface area contributed by atoms with Crippen molar-refractivity contribution in [2.75, 3.05) is 11.9 Å². The van der Waals surface area contributed by atoms with Gasteiger partial charge in [-0.05, 0) is 41.3 Å². The quantitative estimate of drug-likeness (QED) is 0.791. The van der Waals surface area contributed by atoms with Gasteiger partial charge in [-0.15, -0.1) is 0 Å². The van der Waals surface area contributed by atoms with Crippen LogP contribution < -0.4 is 4.90 Å². The summed E-state index contributed by atoms with van der Waals surface area (Å²) in [6.07, 6.45) is 2.44. The topological polar surface area (TPSA) is 29.0 Å². The van der Waals surface area contributed by atoms with Crippen molar-refractivity contribution in [2.24, 2.45) is 0 Å². The molecule has 0 bridgehead atoms. The predicted molar refractivity (Wildman–Crippen MR) is 85.0 cm³/mol. The van der Waals surface area contributed by atoms with Gasteiger partial charge in [0, 0.05) is 25.6 Å². The van der Waals surface area contributed by atoms with E-state index in [9.17, 15) is 0 Å². The van der Waals surface area contributed by atoms with Crippen LogP contribution >= 0.6 is 15.9 Å². The molecule has 0 unspecified atom stereocenters. The van der Waals surface area contributed by atoms with E-state index in [1.54, 1.807) is 0 Å². The highest BCUT2D eigenvalue weighted by Crippen LogP contribution is 2.39. The van der Waals surface area contributed by atoms with E-state index in [0.29, 0.717) is 5.92 Å². The SMILES string of the molecule is Cc1ccc(CN(C)c2cc(Br)nc(C3CC3)n2)cc1. The molecular formula is C16H18BrN3. The molecule has 0 spiro atoms. The van der Waals surface area contributed by atoms with Crippen LogP contribution in [0.3, 0.4) is 0 Å². The lowest BCUT2D eigenvalue weighted by molar-refractivity contribution is 0.848. The minimum Gasteiger partial charge on any atom is -0.355 e. The van der Waals surface area contributed by atoms with Crippen LogP contribution in [0.4, 0.5) is 5.82 Å². The van der Waals surface area contributed by atoms with Gasteiger partial charge in [-0.3, -0.25) is 0 Å². The Kier molecular flexibility index (Phi) is 3.74. The number of rotatable bonds is 4. The molecular weight excluding hydrogens is 314 g/mol. The molecule has 0 amide bonds. The molecule has 2 aromatic rings. The number of halogens is 1. The summed E-state index contributed by atoms with van der Waals surface area (Å²) in [6, 6.07) is 10.6. The zero-order valence-corrected chi connectivity index (χ0v) is 13.4. The van der Waals surface area contributed by atoms with Gasteiger partial charge in [0.2, 0.25) is 0 Å². The number of anilines is 1. The molecule has 1 fully saturated rings. The van der Waals surface area contributed by atoms with Crippen LogP contribution in [0.2, 0.25) is 0 Å². The molecule has 0 atom stereocenters. The fourth-order valence-electron chi connectivity index (χ4n) is 2.19. The summed E-state index contributed by atoms with van der Waals surface area (Å²) in [4.78, 5) is 11.3. The Hall–Kier alpha value is -1.42. The first-order valence-electron chi connectivity index (χ1n) is 6.93. The van der Waals surface area contributed by atoms with Crippen molar-refractivity contribution in [3.05, 3.63) is 51.9 Å². The Balaban J connectivity index is 1.79. The maximum Gasteiger partial charge on any atom is 0.135 e. The Morgan fingerprint density at radius 2 is 1.90 bits per heavy atom. The summed E-state index contributed by atoms with van der Waals surface area (Å²) in [7, 11) is 2.07. The fourth-order valence-corrected chi connectivity index (χ4v) is 2.58. The minimum atomic E-state index is 0.569. The molecule has 1 aliphatic carbocycles. The van der Waals surface area contributed by atoms with Gasteiger partial charge in [0.1, 0.15) is 16.2 Å². The van der Waals surface area contributed by atoms with Gasteiger partial charge in [-0.25, -0.2) is 9.97 Å². The van der Waals surface area contributed by atoms with Crippen LogP contribution in [0.5, 0.6) is 0 Å². The summed E-state index contributed by atoms with van der Waals surface area (Å²) in [5.41, 5.74) is 2.58. The molecule has 1 aliphatic rings. The summed E-state index contributed by atoms with van der Waals surface area (Å²) in [5.74, 6) is 2.53. The average molecular weight is 332 g/mol. The van der Waals surface area contributed by atoms with Crippen molar-refractivity contribution in [1.29, 1.82) is 0 Å². The van der Waals surface area contributed by atoms with Crippen molar-refractivity contribution < 1.29 is 0 Å². The molecule has 3 nitrogen and oxygen atoms in total. The molecule has 1 aromatic heterocycles. The zero-order chi connectivity index (χ0) is 14.1. The molecule has 1 saturated carbocycles. The third-order valence-corrected chi connectivity index (χ3v) is 3.98. The van der Waals surface area contributed by atoms with Crippen molar-refractivity contribution in [3.63, 3.8) is 0 Å². The molecule has 3 rings (SSSR count). The normalized spacial score (nSPS) is 14.3. The van der Waals surface area contributed by atoms with Crippen LogP contribution in [0.1, 0.15) is 35.7 Å². The van der Waals surface area contributed by atoms with Crippen LogP contribution in [0, 0.1) is 6.92 Å². The number of aryl methyl sites for hydroxylation is 1. The Labute approximate surface area is 128 Å². The van der Waals surface area contributed by atoms with Gasteiger partial charge in [-0.1, -0.05) is 29.8 Å². The van der Waals surface area contributed by atoms with Gasteiger partial charge in [0.15, 0.2) is 0 Å². The summed E-state index contributed by atoms with van der Waals surface area (Å²) in [5, 5.41) is 0. The van der Waals surface area contributed by atoms with Crippen molar-refractivity contribution in [2.45, 2.75) is 32.2 Å². The molecule has 1 aromatic carbocycles. The van der Waals surface area contributed by atoms with Gasteiger partial charge >= 0.3 is 0 Å². The Bertz CT molecular complexity index is 606. The third-order valence-electron chi connectivity index (χ3n) is 3.57. The number of nitrogens with zero attached hydrogens (tertiary/aromatic N) is 3. The highest BCUT2D eigenvalue weighted by molar-refractivity contribution is 9.10. The van der Waals surface area contributed by atoms with Crippen molar-refractivity contribution in [3.8, 4) is 0 Å². The first-order valence-corrected chi connectivity index (χ1v) is 7.72. The highest BCUT2D eigenvalue weighted by Gasteiger charge is 2.27. The lowest BCUT2D eigenvalue weighted by Gasteiger charge is -2.19. The maximum absolute atomic E-state index is 4.69. The average Bonchev–Trinajstić information content (AvgIpc) is 3.25. The van der Waals surface area contributed by atoms with Crippen LogP contribution in [-0.2, 0) is 6.54 Å². The minimum absolute atomic E-state index is 0.569. The first kappa shape index (κ1) is 13.6. The third kappa shape index (κ3) is 3.18. The molecule has 0 aliphatic heterocycles. The summed E-state index contributed by atoms with van der Waals surface area (Å²) < 4.78 is 0.875. The smallest absolute Gasteiger partial charge is 0.135 e. The second-order valence-corrected chi connectivity index (χ2v) is 6.34. The molecule has 4 heteroatoms. The van der Waals surface area contributed by atoms with E-state index >= 15 is 0 Å². The largest absolute Gasteiger partial charge is 0.355 e. The highest BCUT2D eigenvalue weighted by atomic mass is 79.9. The predicted octanol–water partition coefficient (Wildman–Crippen LogP) is 4.06. The van der Waals surface area contributed by atoms with E-state index in [2.05, 4.69) is 64.1 Å². The number of benzene rings is 1. The van der Waals surface area contributed by atoms with Crippen LogP contribution in [0.25, 0.3) is 0 Å². The number of aromatic nitrogens is 2. The van der Waals surface area contributed by atoms with E-state index in [1.165, 1.54) is 24.0 Å². The fraction of sp³-hybridized carbons (Fsp3) is 0.375. The first-order chi connectivity index (χ1) is 9.61. The molecule has 0 saturated heterocycles. The summed E-state index contributed by atoms with van der Waals surface area (Å²) in [6.45, 7) is 2.96. The van der Waals surface area contributed by atoms with Gasteiger partial charge in [0.05, 0.1) is 0 Å². The number of hydrogen-bond acceptors (Lipinski definition) is 3. The lowest BCUT2D eigenvalue weighted by atomic mass is 10.1. The van der Waals surface area contributed by atoms with Gasteiger partial charge in [0.25, 0.3) is 0 Å². The Morgan fingerprint density at radius 3 is 2.55 bits per heavy atom. The number of hydrogen-bond donors (Lipinski definition) is 0. The van der Waals surface area contributed by atoms with E-state index in [4.69, 9.17) is 4.98 Å². The maximum atomic E-state index is 4.69. The van der Waals surface area contributed by atoms with Crippen molar-refractivity contribution in [1.82, 2.24) is 9.97 Å².